The summed E-state index contributed by atoms with van der Waals surface area (Å²) in [6.07, 6.45) is -0.0426. The van der Waals surface area contributed by atoms with Gasteiger partial charge in [0, 0.05) is 5.69 Å². The SMILES string of the molecule is COc1ccc(Nc2nc(Cl)nc(OC(C)C)n2)c(C)c1. The number of benzene rings is 1. The zero-order valence-corrected chi connectivity index (χ0v) is 13.1. The highest BCUT2D eigenvalue weighted by Gasteiger charge is 2.09. The molecular formula is C14H17ClN4O2. The van der Waals surface area contributed by atoms with Gasteiger partial charge in [0.2, 0.25) is 11.2 Å². The summed E-state index contributed by atoms with van der Waals surface area (Å²) in [6.45, 7) is 5.73. The number of aromatic nitrogens is 3. The number of ether oxygens (including phenoxy) is 2. The molecule has 0 saturated heterocycles. The highest BCUT2D eigenvalue weighted by Crippen LogP contribution is 2.24. The van der Waals surface area contributed by atoms with E-state index < -0.39 is 0 Å². The Kier molecular flexibility index (Phi) is 4.80. The Bertz CT molecular complexity index is 634. The predicted octanol–water partition coefficient (Wildman–Crippen LogP) is 3.37. The summed E-state index contributed by atoms with van der Waals surface area (Å²) in [4.78, 5) is 12.1. The van der Waals surface area contributed by atoms with Gasteiger partial charge >= 0.3 is 6.01 Å². The molecule has 0 aliphatic rings. The molecule has 0 amide bonds. The number of methoxy groups -OCH3 is 1. The zero-order valence-electron chi connectivity index (χ0n) is 12.3. The molecule has 0 atom stereocenters. The normalized spacial score (nSPS) is 10.6. The van der Waals surface area contributed by atoms with Gasteiger partial charge in [0.05, 0.1) is 13.2 Å². The minimum atomic E-state index is -0.0426. The van der Waals surface area contributed by atoms with Crippen molar-refractivity contribution in [3.05, 3.63) is 29.0 Å². The lowest BCUT2D eigenvalue weighted by Crippen LogP contribution is -2.10. The van der Waals surface area contributed by atoms with E-state index in [0.717, 1.165) is 17.0 Å². The maximum atomic E-state index is 5.88. The molecule has 1 aromatic heterocycles. The Morgan fingerprint density at radius 1 is 1.19 bits per heavy atom. The molecule has 6 nitrogen and oxygen atoms in total. The van der Waals surface area contributed by atoms with E-state index in [1.165, 1.54) is 0 Å². The molecule has 2 aromatic rings. The fourth-order valence-electron chi connectivity index (χ4n) is 1.68. The second-order valence-corrected chi connectivity index (χ2v) is 5.02. The first-order valence-corrected chi connectivity index (χ1v) is 6.85. The van der Waals surface area contributed by atoms with Crippen molar-refractivity contribution in [1.82, 2.24) is 15.0 Å². The number of aryl methyl sites for hydroxylation is 1. The van der Waals surface area contributed by atoms with Crippen LogP contribution in [0.15, 0.2) is 18.2 Å². The summed E-state index contributed by atoms with van der Waals surface area (Å²) in [6, 6.07) is 5.84. The fraction of sp³-hybridized carbons (Fsp3) is 0.357. The van der Waals surface area contributed by atoms with Gasteiger partial charge in [-0.25, -0.2) is 0 Å². The monoisotopic (exact) mass is 308 g/mol. The van der Waals surface area contributed by atoms with Crippen molar-refractivity contribution in [2.24, 2.45) is 0 Å². The molecular weight excluding hydrogens is 292 g/mol. The minimum Gasteiger partial charge on any atom is -0.497 e. The average molecular weight is 309 g/mol. The van der Waals surface area contributed by atoms with Gasteiger partial charge in [-0.3, -0.25) is 0 Å². The molecule has 0 bridgehead atoms. The van der Waals surface area contributed by atoms with Crippen LogP contribution in [0.5, 0.6) is 11.8 Å². The summed E-state index contributed by atoms with van der Waals surface area (Å²) in [5.74, 6) is 1.12. The van der Waals surface area contributed by atoms with Crippen molar-refractivity contribution in [3.8, 4) is 11.8 Å². The highest BCUT2D eigenvalue weighted by atomic mass is 35.5. The Morgan fingerprint density at radius 2 is 1.95 bits per heavy atom. The van der Waals surface area contributed by atoms with Crippen LogP contribution in [-0.2, 0) is 0 Å². The van der Waals surface area contributed by atoms with Crippen LogP contribution in [0.4, 0.5) is 11.6 Å². The summed E-state index contributed by atoms with van der Waals surface area (Å²) >= 11 is 5.88. The second-order valence-electron chi connectivity index (χ2n) is 4.68. The van der Waals surface area contributed by atoms with E-state index in [-0.39, 0.29) is 17.4 Å². The van der Waals surface area contributed by atoms with Crippen molar-refractivity contribution in [1.29, 1.82) is 0 Å². The number of nitrogens with zero attached hydrogens (tertiary/aromatic N) is 3. The van der Waals surface area contributed by atoms with Gasteiger partial charge in [-0.15, -0.1) is 0 Å². The van der Waals surface area contributed by atoms with Crippen molar-refractivity contribution < 1.29 is 9.47 Å². The maximum absolute atomic E-state index is 5.88. The van der Waals surface area contributed by atoms with E-state index in [4.69, 9.17) is 21.1 Å². The molecule has 0 unspecified atom stereocenters. The van der Waals surface area contributed by atoms with Gasteiger partial charge in [0.1, 0.15) is 5.75 Å². The molecule has 21 heavy (non-hydrogen) atoms. The van der Waals surface area contributed by atoms with E-state index in [9.17, 15) is 0 Å². The van der Waals surface area contributed by atoms with E-state index >= 15 is 0 Å². The number of nitrogens with one attached hydrogen (secondary N) is 1. The third-order valence-electron chi connectivity index (χ3n) is 2.61. The molecule has 1 aromatic carbocycles. The van der Waals surface area contributed by atoms with Gasteiger partial charge < -0.3 is 14.8 Å². The summed E-state index contributed by atoms with van der Waals surface area (Å²) in [5.41, 5.74) is 1.85. The van der Waals surface area contributed by atoms with Crippen LogP contribution < -0.4 is 14.8 Å². The van der Waals surface area contributed by atoms with Gasteiger partial charge in [-0.2, -0.15) is 15.0 Å². The van der Waals surface area contributed by atoms with Crippen LogP contribution in [0.1, 0.15) is 19.4 Å². The molecule has 0 spiro atoms. The van der Waals surface area contributed by atoms with Crippen molar-refractivity contribution in [2.75, 3.05) is 12.4 Å². The molecule has 0 fully saturated rings. The molecule has 1 N–H and O–H groups in total. The average Bonchev–Trinajstić information content (AvgIpc) is 2.39. The van der Waals surface area contributed by atoms with E-state index in [2.05, 4.69) is 20.3 Å². The minimum absolute atomic E-state index is 0.0426. The highest BCUT2D eigenvalue weighted by molar-refractivity contribution is 6.28. The topological polar surface area (TPSA) is 69.2 Å². The van der Waals surface area contributed by atoms with Gasteiger partial charge in [-0.05, 0) is 56.1 Å². The Morgan fingerprint density at radius 3 is 2.57 bits per heavy atom. The van der Waals surface area contributed by atoms with Crippen molar-refractivity contribution >= 4 is 23.2 Å². The van der Waals surface area contributed by atoms with Crippen molar-refractivity contribution in [3.63, 3.8) is 0 Å². The summed E-state index contributed by atoms with van der Waals surface area (Å²) in [5, 5.41) is 3.17. The van der Waals surface area contributed by atoms with E-state index in [1.54, 1.807) is 7.11 Å². The van der Waals surface area contributed by atoms with E-state index in [0.29, 0.717) is 5.95 Å². The quantitative estimate of drug-likeness (QED) is 0.913. The van der Waals surface area contributed by atoms with Gasteiger partial charge in [0.25, 0.3) is 0 Å². The van der Waals surface area contributed by atoms with Crippen molar-refractivity contribution in [2.45, 2.75) is 26.9 Å². The molecule has 0 saturated carbocycles. The number of rotatable bonds is 5. The lowest BCUT2D eigenvalue weighted by Gasteiger charge is -2.11. The standard InChI is InChI=1S/C14H17ClN4O2/c1-8(2)21-14-18-12(15)17-13(19-14)16-11-6-5-10(20-4)7-9(11)3/h5-8H,1-4H3,(H,16,17,18,19). The lowest BCUT2D eigenvalue weighted by atomic mass is 10.2. The first-order valence-electron chi connectivity index (χ1n) is 6.48. The first-order chi connectivity index (χ1) is 9.97. The molecule has 112 valence electrons. The first kappa shape index (κ1) is 15.3. The predicted molar refractivity (Wildman–Crippen MR) is 81.6 cm³/mol. The Hall–Kier alpha value is -2.08. The number of hydrogen-bond acceptors (Lipinski definition) is 6. The van der Waals surface area contributed by atoms with Crippen LogP contribution in [0.25, 0.3) is 0 Å². The lowest BCUT2D eigenvalue weighted by molar-refractivity contribution is 0.222. The zero-order chi connectivity index (χ0) is 15.4. The molecule has 7 heteroatoms. The van der Waals surface area contributed by atoms with Crippen LogP contribution in [0.3, 0.4) is 0 Å². The number of anilines is 2. The van der Waals surface area contributed by atoms with Crippen LogP contribution in [0, 0.1) is 6.92 Å². The largest absolute Gasteiger partial charge is 0.497 e. The fourth-order valence-corrected chi connectivity index (χ4v) is 1.83. The third kappa shape index (κ3) is 4.19. The molecule has 0 radical (unpaired) electrons. The molecule has 2 rings (SSSR count). The smallest absolute Gasteiger partial charge is 0.322 e. The van der Waals surface area contributed by atoms with Gasteiger partial charge in [-0.1, -0.05) is 0 Å². The van der Waals surface area contributed by atoms with Crippen LogP contribution in [0.2, 0.25) is 5.28 Å². The number of halogens is 1. The molecule has 0 aliphatic heterocycles. The van der Waals surface area contributed by atoms with Crippen LogP contribution in [-0.4, -0.2) is 28.2 Å². The Balaban J connectivity index is 2.24. The second kappa shape index (κ2) is 6.58. The third-order valence-corrected chi connectivity index (χ3v) is 2.78. The molecule has 0 aliphatic carbocycles. The molecule has 1 heterocycles. The van der Waals surface area contributed by atoms with Gasteiger partial charge in [0.15, 0.2) is 0 Å². The van der Waals surface area contributed by atoms with E-state index in [1.807, 2.05) is 39.0 Å². The van der Waals surface area contributed by atoms with Crippen LogP contribution >= 0.6 is 11.6 Å². The summed E-state index contributed by atoms with van der Waals surface area (Å²) in [7, 11) is 1.63. The Labute approximate surface area is 128 Å². The number of hydrogen-bond donors (Lipinski definition) is 1. The summed E-state index contributed by atoms with van der Waals surface area (Å²) < 4.78 is 10.6. The maximum Gasteiger partial charge on any atom is 0.322 e.